The predicted octanol–water partition coefficient (Wildman–Crippen LogP) is 3.73. The first-order valence-electron chi connectivity index (χ1n) is 6.99. The molecule has 0 atom stereocenters. The van der Waals surface area contributed by atoms with Crippen LogP contribution in [0.1, 0.15) is 15.9 Å². The summed E-state index contributed by atoms with van der Waals surface area (Å²) < 4.78 is 30.2. The van der Waals surface area contributed by atoms with Crippen molar-refractivity contribution < 1.29 is 17.4 Å². The molecule has 0 unspecified atom stereocenters. The van der Waals surface area contributed by atoms with Crippen LogP contribution in [0.25, 0.3) is 10.8 Å². The van der Waals surface area contributed by atoms with Gasteiger partial charge in [0.15, 0.2) is 5.75 Å². The van der Waals surface area contributed by atoms with Gasteiger partial charge in [0.05, 0.1) is 0 Å². The maximum atomic E-state index is 12.4. The summed E-state index contributed by atoms with van der Waals surface area (Å²) in [6.45, 7) is 1.87. The Balaban J connectivity index is 2.10. The van der Waals surface area contributed by atoms with Crippen molar-refractivity contribution in [2.45, 2.75) is 11.8 Å². The van der Waals surface area contributed by atoms with Gasteiger partial charge in [-0.25, -0.2) is 0 Å². The second-order valence-electron chi connectivity index (χ2n) is 5.21. The molecule has 5 heteroatoms. The Morgan fingerprint density at radius 2 is 1.65 bits per heavy atom. The van der Waals surface area contributed by atoms with E-state index in [1.807, 2.05) is 13.0 Å². The lowest BCUT2D eigenvalue weighted by Gasteiger charge is -2.10. The van der Waals surface area contributed by atoms with Gasteiger partial charge in [0.2, 0.25) is 0 Å². The van der Waals surface area contributed by atoms with E-state index in [-0.39, 0.29) is 10.6 Å². The van der Waals surface area contributed by atoms with Crippen LogP contribution in [0.3, 0.4) is 0 Å². The Labute approximate surface area is 134 Å². The van der Waals surface area contributed by atoms with Crippen LogP contribution in [-0.2, 0) is 10.1 Å². The molecule has 0 heterocycles. The van der Waals surface area contributed by atoms with Gasteiger partial charge in [-0.15, -0.1) is 0 Å². The number of fused-ring (bicyclic) bond motifs is 1. The van der Waals surface area contributed by atoms with Crippen LogP contribution in [0.5, 0.6) is 5.75 Å². The first-order valence-corrected chi connectivity index (χ1v) is 8.39. The Bertz CT molecular complexity index is 974. The number of rotatable bonds is 4. The summed E-state index contributed by atoms with van der Waals surface area (Å²) in [7, 11) is -3.96. The Morgan fingerprint density at radius 3 is 2.35 bits per heavy atom. The van der Waals surface area contributed by atoms with Crippen LogP contribution in [0.15, 0.2) is 65.6 Å². The standard InChI is InChI=1S/C18H14O4S/c1-13-6-8-16(9-7-13)23(20,21)22-18-11-14(12-19)10-15-4-2-3-5-17(15)18/h2-12H,1H3. The third-order valence-corrected chi connectivity index (χ3v) is 4.74. The molecule has 3 aromatic carbocycles. The van der Waals surface area contributed by atoms with Crippen LogP contribution in [0.4, 0.5) is 0 Å². The first-order chi connectivity index (χ1) is 11.0. The molecule has 3 rings (SSSR count). The number of hydrogen-bond donors (Lipinski definition) is 0. The number of aryl methyl sites for hydroxylation is 1. The van der Waals surface area contributed by atoms with Crippen molar-refractivity contribution in [2.75, 3.05) is 0 Å². The lowest BCUT2D eigenvalue weighted by Crippen LogP contribution is -2.10. The topological polar surface area (TPSA) is 60.4 Å². The molecule has 0 N–H and O–H groups in total. The molecule has 0 spiro atoms. The summed E-state index contributed by atoms with van der Waals surface area (Å²) in [5, 5.41) is 1.37. The summed E-state index contributed by atoms with van der Waals surface area (Å²) in [4.78, 5) is 11.1. The molecule has 0 aliphatic rings. The smallest absolute Gasteiger partial charge is 0.339 e. The molecule has 0 fully saturated rings. The fraction of sp³-hybridized carbons (Fsp3) is 0.0556. The fourth-order valence-electron chi connectivity index (χ4n) is 2.31. The highest BCUT2D eigenvalue weighted by atomic mass is 32.2. The monoisotopic (exact) mass is 326 g/mol. The highest BCUT2D eigenvalue weighted by Crippen LogP contribution is 2.29. The van der Waals surface area contributed by atoms with Gasteiger partial charge in [0.1, 0.15) is 11.2 Å². The van der Waals surface area contributed by atoms with Crippen LogP contribution < -0.4 is 4.18 Å². The van der Waals surface area contributed by atoms with E-state index in [0.29, 0.717) is 17.2 Å². The highest BCUT2D eigenvalue weighted by molar-refractivity contribution is 7.87. The van der Waals surface area contributed by atoms with Crippen LogP contribution in [0.2, 0.25) is 0 Å². The van der Waals surface area contributed by atoms with Crippen LogP contribution >= 0.6 is 0 Å². The summed E-state index contributed by atoms with van der Waals surface area (Å²) in [5.74, 6) is 0.144. The second kappa shape index (κ2) is 5.85. The molecular weight excluding hydrogens is 312 g/mol. The number of carbonyl (C=O) groups is 1. The second-order valence-corrected chi connectivity index (χ2v) is 6.75. The minimum atomic E-state index is -3.96. The van der Waals surface area contributed by atoms with Crippen molar-refractivity contribution in [3.8, 4) is 5.75 Å². The van der Waals surface area contributed by atoms with Crippen LogP contribution in [-0.4, -0.2) is 14.7 Å². The SMILES string of the molecule is Cc1ccc(S(=O)(=O)Oc2cc(C=O)cc3ccccc23)cc1. The first kappa shape index (κ1) is 15.2. The van der Waals surface area contributed by atoms with Gasteiger partial charge in [0, 0.05) is 10.9 Å². The van der Waals surface area contributed by atoms with E-state index >= 15 is 0 Å². The Morgan fingerprint density at radius 1 is 0.957 bits per heavy atom. The molecule has 3 aromatic rings. The predicted molar refractivity (Wildman–Crippen MR) is 88.3 cm³/mol. The zero-order chi connectivity index (χ0) is 16.4. The van der Waals surface area contributed by atoms with Gasteiger partial charge < -0.3 is 4.18 Å². The van der Waals surface area contributed by atoms with Crippen molar-refractivity contribution in [3.63, 3.8) is 0 Å². The van der Waals surface area contributed by atoms with Gasteiger partial charge in [-0.1, -0.05) is 42.0 Å². The summed E-state index contributed by atoms with van der Waals surface area (Å²) in [6, 6.07) is 16.7. The van der Waals surface area contributed by atoms with Crippen molar-refractivity contribution >= 4 is 27.2 Å². The minimum Gasteiger partial charge on any atom is -0.378 e. The van der Waals surface area contributed by atoms with Gasteiger partial charge in [-0.2, -0.15) is 8.42 Å². The highest BCUT2D eigenvalue weighted by Gasteiger charge is 2.18. The average molecular weight is 326 g/mol. The molecule has 0 amide bonds. The largest absolute Gasteiger partial charge is 0.378 e. The van der Waals surface area contributed by atoms with E-state index in [4.69, 9.17) is 4.18 Å². The molecular formula is C18H14O4S. The maximum Gasteiger partial charge on any atom is 0.339 e. The van der Waals surface area contributed by atoms with E-state index in [2.05, 4.69) is 0 Å². The average Bonchev–Trinajstić information content (AvgIpc) is 2.54. The fourth-order valence-corrected chi connectivity index (χ4v) is 3.25. The van der Waals surface area contributed by atoms with Gasteiger partial charge in [-0.3, -0.25) is 4.79 Å². The Kier molecular flexibility index (Phi) is 3.88. The van der Waals surface area contributed by atoms with E-state index in [1.165, 1.54) is 18.2 Å². The Hall–Kier alpha value is -2.66. The summed E-state index contributed by atoms with van der Waals surface area (Å²) in [5.41, 5.74) is 1.31. The third kappa shape index (κ3) is 3.10. The molecule has 0 saturated carbocycles. The zero-order valence-electron chi connectivity index (χ0n) is 12.4. The molecule has 0 bridgehead atoms. The van der Waals surface area contributed by atoms with E-state index in [9.17, 15) is 13.2 Å². The number of aldehydes is 1. The molecule has 116 valence electrons. The number of carbonyl (C=O) groups excluding carboxylic acids is 1. The number of hydrogen-bond acceptors (Lipinski definition) is 4. The van der Waals surface area contributed by atoms with Crippen molar-refractivity contribution in [2.24, 2.45) is 0 Å². The lowest BCUT2D eigenvalue weighted by molar-refractivity contribution is 0.112. The molecule has 0 aliphatic carbocycles. The maximum absolute atomic E-state index is 12.4. The molecule has 4 nitrogen and oxygen atoms in total. The van der Waals surface area contributed by atoms with E-state index in [0.717, 1.165) is 10.9 Å². The van der Waals surface area contributed by atoms with Gasteiger partial charge >= 0.3 is 10.1 Å². The molecule has 0 saturated heterocycles. The van der Waals surface area contributed by atoms with Gasteiger partial charge in [-0.05, 0) is 36.6 Å². The quantitative estimate of drug-likeness (QED) is 0.541. The van der Waals surface area contributed by atoms with Crippen molar-refractivity contribution in [1.29, 1.82) is 0 Å². The van der Waals surface area contributed by atoms with Gasteiger partial charge in [0.25, 0.3) is 0 Å². The van der Waals surface area contributed by atoms with Crippen molar-refractivity contribution in [1.82, 2.24) is 0 Å². The third-order valence-electron chi connectivity index (χ3n) is 3.49. The zero-order valence-corrected chi connectivity index (χ0v) is 13.2. The molecule has 0 radical (unpaired) electrons. The number of benzene rings is 3. The van der Waals surface area contributed by atoms with Crippen LogP contribution in [0, 0.1) is 6.92 Å². The minimum absolute atomic E-state index is 0.0729. The molecule has 0 aliphatic heterocycles. The van der Waals surface area contributed by atoms with E-state index in [1.54, 1.807) is 36.4 Å². The lowest BCUT2D eigenvalue weighted by atomic mass is 10.1. The molecule has 23 heavy (non-hydrogen) atoms. The normalized spacial score (nSPS) is 11.3. The molecule has 0 aromatic heterocycles. The van der Waals surface area contributed by atoms with Crippen molar-refractivity contribution in [3.05, 3.63) is 71.8 Å². The summed E-state index contributed by atoms with van der Waals surface area (Å²) in [6.07, 6.45) is 0.664. The summed E-state index contributed by atoms with van der Waals surface area (Å²) >= 11 is 0. The van der Waals surface area contributed by atoms with E-state index < -0.39 is 10.1 Å².